The molecule has 10 rings (SSSR count). The second-order valence-corrected chi connectivity index (χ2v) is 29.5. The van der Waals surface area contributed by atoms with Crippen molar-refractivity contribution in [1.29, 1.82) is 0 Å². The standard InChI is InChI=1S/C62H88O12Si/c1-41-49(74-75(8,9)60(2,3)4)34-53-52(67-41)36-56-48(69-53)26-28-59-62(6,73-56)31-29-46(68-59)33-51-50(65-39-44-21-23-45(63-7)24-22-44)35-54-55(71-51)37-57-47(70-54)25-27-58(66-40-43-19-14-11-15-20-43)61(5,72-57)30-16-32-64-38-42-17-12-10-13-18-42/h10-15,17-24,29,41,47-59H,16,25-28,30-40H2,1-9H3/t41-,47+,48+,49+,50+,51-,52+,53-,54-,55+,56-,57-,58-,59-,61+,62+/m1/s1. The zero-order chi connectivity index (χ0) is 52.4. The highest BCUT2D eigenvalue weighted by Gasteiger charge is 2.55. The molecule has 0 aromatic heterocycles. The Morgan fingerprint density at radius 2 is 1.23 bits per heavy atom. The normalized spacial score (nSPS) is 36.9. The predicted octanol–water partition coefficient (Wildman–Crippen LogP) is 12.1. The van der Waals surface area contributed by atoms with Gasteiger partial charge in [-0.1, -0.05) is 93.6 Å². The molecule has 0 N–H and O–H groups in total. The third kappa shape index (κ3) is 13.1. The molecule has 3 aromatic rings. The SMILES string of the molecule is COc1ccc(CO[C@H]2C[C@H]3O[C@H]4CC[C@@H](OCc5ccccc5)[C@](C)(CCCOCc5ccccc5)O[C@@H]4C[C@@H]3O[C@@H]2CC2=CC[C@]3(C)O[C@@H]4C[C@@H]5O[C@H](C)[C@@H](O[Si](C)(C)C(C)(C)C)C[C@H]5O[C@H]4CC[C@H]3O2)cc1. The lowest BCUT2D eigenvalue weighted by Crippen LogP contribution is -2.59. The highest BCUT2D eigenvalue weighted by atomic mass is 28.4. The van der Waals surface area contributed by atoms with E-state index in [2.05, 4.69) is 121 Å². The molecule has 0 bridgehead atoms. The van der Waals surface area contributed by atoms with Gasteiger partial charge in [0.05, 0.1) is 118 Å². The average Bonchev–Trinajstić information content (AvgIpc) is 3.63. The van der Waals surface area contributed by atoms with Gasteiger partial charge in [0, 0.05) is 45.1 Å². The maximum absolute atomic E-state index is 7.35. The van der Waals surface area contributed by atoms with Gasteiger partial charge in [-0.15, -0.1) is 0 Å². The average molecular weight is 1050 g/mol. The molecule has 7 aliphatic heterocycles. The van der Waals surface area contributed by atoms with Gasteiger partial charge in [0.25, 0.3) is 0 Å². The minimum atomic E-state index is -1.99. The summed E-state index contributed by atoms with van der Waals surface area (Å²) in [5.41, 5.74) is 2.35. The smallest absolute Gasteiger partial charge is 0.192 e. The molecule has 0 unspecified atom stereocenters. The van der Waals surface area contributed by atoms with Crippen LogP contribution in [0.15, 0.2) is 96.8 Å². The number of ether oxygens (including phenoxy) is 11. The van der Waals surface area contributed by atoms with Crippen molar-refractivity contribution in [3.05, 3.63) is 113 Å². The molecule has 3 aromatic carbocycles. The maximum atomic E-state index is 7.35. The van der Waals surface area contributed by atoms with Crippen molar-refractivity contribution >= 4 is 8.32 Å². The Bertz CT molecular complexity index is 2310. The van der Waals surface area contributed by atoms with Gasteiger partial charge in [0.15, 0.2) is 8.32 Å². The van der Waals surface area contributed by atoms with Gasteiger partial charge in [-0.2, -0.15) is 0 Å². The molecule has 6 fully saturated rings. The van der Waals surface area contributed by atoms with E-state index in [4.69, 9.17) is 56.5 Å². The summed E-state index contributed by atoms with van der Waals surface area (Å²) in [5.74, 6) is 1.75. The fraction of sp³-hybridized carbons (Fsp3) is 0.677. The van der Waals surface area contributed by atoms with Crippen LogP contribution < -0.4 is 4.74 Å². The summed E-state index contributed by atoms with van der Waals surface area (Å²) in [7, 11) is -0.300. The summed E-state index contributed by atoms with van der Waals surface area (Å²) >= 11 is 0. The minimum absolute atomic E-state index is 0.000816. The quantitative estimate of drug-likeness (QED) is 0.0948. The lowest BCUT2D eigenvalue weighted by molar-refractivity contribution is -0.272. The van der Waals surface area contributed by atoms with E-state index in [-0.39, 0.29) is 90.5 Å². The summed E-state index contributed by atoms with van der Waals surface area (Å²) in [6.45, 7) is 20.4. The van der Waals surface area contributed by atoms with Crippen molar-refractivity contribution in [3.8, 4) is 5.75 Å². The monoisotopic (exact) mass is 1050 g/mol. The molecule has 13 heteroatoms. The second-order valence-electron chi connectivity index (χ2n) is 24.8. The van der Waals surface area contributed by atoms with Crippen molar-refractivity contribution in [2.45, 2.75) is 253 Å². The molecule has 16 atom stereocenters. The molecule has 6 saturated heterocycles. The maximum Gasteiger partial charge on any atom is 0.192 e. The molecule has 0 amide bonds. The number of benzene rings is 3. The lowest BCUT2D eigenvalue weighted by Gasteiger charge is -2.50. The molecule has 412 valence electrons. The predicted molar refractivity (Wildman–Crippen MR) is 290 cm³/mol. The summed E-state index contributed by atoms with van der Waals surface area (Å²) in [5, 5.41) is 0.121. The summed E-state index contributed by atoms with van der Waals surface area (Å²) < 4.78 is 82.0. The topological polar surface area (TPSA) is 111 Å². The molecule has 7 heterocycles. The highest BCUT2D eigenvalue weighted by molar-refractivity contribution is 6.74. The number of hydrogen-bond donors (Lipinski definition) is 0. The molecule has 0 aliphatic carbocycles. The zero-order valence-corrected chi connectivity index (χ0v) is 47.5. The van der Waals surface area contributed by atoms with Crippen LogP contribution in [0.2, 0.25) is 18.1 Å². The number of fused-ring (bicyclic) bond motifs is 5. The second kappa shape index (κ2) is 23.6. The van der Waals surface area contributed by atoms with Crippen molar-refractivity contribution in [2.24, 2.45) is 0 Å². The third-order valence-electron chi connectivity index (χ3n) is 18.2. The lowest BCUT2D eigenvalue weighted by atomic mass is 9.86. The number of rotatable bonds is 17. The van der Waals surface area contributed by atoms with Crippen LogP contribution in [0.1, 0.15) is 135 Å². The van der Waals surface area contributed by atoms with E-state index in [1.54, 1.807) is 7.11 Å². The van der Waals surface area contributed by atoms with Crippen molar-refractivity contribution in [1.82, 2.24) is 0 Å². The van der Waals surface area contributed by atoms with Crippen LogP contribution in [0.5, 0.6) is 5.75 Å². The molecular weight excluding hydrogens is 965 g/mol. The Balaban J connectivity index is 0.814. The van der Waals surface area contributed by atoms with Crippen molar-refractivity contribution in [3.63, 3.8) is 0 Å². The van der Waals surface area contributed by atoms with Gasteiger partial charge in [0.2, 0.25) is 0 Å². The Kier molecular flexibility index (Phi) is 17.4. The van der Waals surface area contributed by atoms with E-state index < -0.39 is 19.5 Å². The van der Waals surface area contributed by atoms with Crippen LogP contribution in [0.25, 0.3) is 0 Å². The van der Waals surface area contributed by atoms with E-state index >= 15 is 0 Å². The number of methoxy groups -OCH3 is 1. The molecule has 7 aliphatic rings. The summed E-state index contributed by atoms with van der Waals surface area (Å²) in [6, 6.07) is 28.9. The first kappa shape index (κ1) is 55.1. The van der Waals surface area contributed by atoms with Crippen LogP contribution in [0, 0.1) is 0 Å². The molecule has 75 heavy (non-hydrogen) atoms. The first-order valence-corrected chi connectivity index (χ1v) is 31.5. The molecule has 12 nitrogen and oxygen atoms in total. The zero-order valence-electron chi connectivity index (χ0n) is 46.5. The van der Waals surface area contributed by atoms with E-state index in [1.165, 1.54) is 5.56 Å². The van der Waals surface area contributed by atoms with E-state index in [1.807, 2.05) is 24.3 Å². The minimum Gasteiger partial charge on any atom is -0.497 e. The Labute approximate surface area is 449 Å². The molecular formula is C62H88O12Si. The number of hydrogen-bond acceptors (Lipinski definition) is 12. The van der Waals surface area contributed by atoms with Crippen LogP contribution in [0.4, 0.5) is 0 Å². The Hall–Kier alpha value is -3.18. The van der Waals surface area contributed by atoms with Gasteiger partial charge in [-0.25, -0.2) is 0 Å². The van der Waals surface area contributed by atoms with Crippen LogP contribution in [-0.4, -0.2) is 119 Å². The fourth-order valence-electron chi connectivity index (χ4n) is 12.6. The molecule has 0 spiro atoms. The van der Waals surface area contributed by atoms with E-state index in [0.717, 1.165) is 86.8 Å². The summed E-state index contributed by atoms with van der Waals surface area (Å²) in [6.07, 6.45) is 10.3. The van der Waals surface area contributed by atoms with E-state index in [9.17, 15) is 0 Å². The largest absolute Gasteiger partial charge is 0.497 e. The molecule has 0 saturated carbocycles. The van der Waals surface area contributed by atoms with Crippen molar-refractivity contribution in [2.75, 3.05) is 13.7 Å². The van der Waals surface area contributed by atoms with E-state index in [0.29, 0.717) is 39.3 Å². The van der Waals surface area contributed by atoms with Gasteiger partial charge >= 0.3 is 0 Å². The first-order chi connectivity index (χ1) is 36.0. The van der Waals surface area contributed by atoms with Gasteiger partial charge < -0.3 is 56.5 Å². The van der Waals surface area contributed by atoms with Gasteiger partial charge in [0.1, 0.15) is 17.5 Å². The van der Waals surface area contributed by atoms with Crippen LogP contribution in [0.3, 0.4) is 0 Å². The first-order valence-electron chi connectivity index (χ1n) is 28.6. The fourth-order valence-corrected chi connectivity index (χ4v) is 14.0. The van der Waals surface area contributed by atoms with Crippen LogP contribution in [-0.2, 0) is 71.6 Å². The third-order valence-corrected chi connectivity index (χ3v) is 22.7. The Morgan fingerprint density at radius 1 is 0.627 bits per heavy atom. The van der Waals surface area contributed by atoms with Gasteiger partial charge in [-0.05, 0) is 112 Å². The van der Waals surface area contributed by atoms with Crippen molar-refractivity contribution < 1.29 is 56.5 Å². The summed E-state index contributed by atoms with van der Waals surface area (Å²) in [4.78, 5) is 0. The molecule has 0 radical (unpaired) electrons. The Morgan fingerprint density at radius 3 is 1.91 bits per heavy atom. The van der Waals surface area contributed by atoms with Gasteiger partial charge in [-0.3, -0.25) is 0 Å². The van der Waals surface area contributed by atoms with Crippen LogP contribution >= 0.6 is 0 Å². The highest BCUT2D eigenvalue weighted by Crippen LogP contribution is 2.48.